The topological polar surface area (TPSA) is 38.7 Å². The minimum Gasteiger partial charge on any atom is -0.388 e. The molecule has 3 aliphatic carbocycles. The van der Waals surface area contributed by atoms with E-state index < -0.39 is 0 Å². The van der Waals surface area contributed by atoms with Gasteiger partial charge in [0.2, 0.25) is 0 Å². The molecule has 3 saturated carbocycles. The molecule has 0 aromatic heterocycles. The first-order valence-corrected chi connectivity index (χ1v) is 8.03. The molecule has 0 radical (unpaired) electrons. The third-order valence-electron chi connectivity index (χ3n) is 6.17. The Labute approximate surface area is 121 Å². The minimum atomic E-state index is -0.315. The van der Waals surface area contributed by atoms with Crippen molar-refractivity contribution < 1.29 is 14.6 Å². The molecule has 0 bridgehead atoms. The highest BCUT2D eigenvalue weighted by molar-refractivity contribution is 5.19. The van der Waals surface area contributed by atoms with Gasteiger partial charge in [0.1, 0.15) is 0 Å². The average molecular weight is 278 g/mol. The fourth-order valence-corrected chi connectivity index (χ4v) is 5.13. The molecular formula is C17H26O3. The average Bonchev–Trinajstić information content (AvgIpc) is 2.97. The Morgan fingerprint density at radius 1 is 1.10 bits per heavy atom. The molecule has 0 amide bonds. The zero-order chi connectivity index (χ0) is 14.1. The van der Waals surface area contributed by atoms with Crippen LogP contribution in [-0.4, -0.2) is 30.2 Å². The van der Waals surface area contributed by atoms with Crippen LogP contribution in [0.5, 0.6) is 0 Å². The van der Waals surface area contributed by atoms with Crippen LogP contribution in [-0.2, 0) is 9.47 Å². The van der Waals surface area contributed by atoms with Crippen molar-refractivity contribution in [3.05, 3.63) is 12.2 Å². The molecule has 4 rings (SSSR count). The second kappa shape index (κ2) is 4.08. The number of hydrogen-bond donors (Lipinski definition) is 1. The van der Waals surface area contributed by atoms with Gasteiger partial charge in [-0.15, -0.1) is 0 Å². The van der Waals surface area contributed by atoms with E-state index >= 15 is 0 Å². The van der Waals surface area contributed by atoms with E-state index in [0.29, 0.717) is 23.7 Å². The molecule has 3 nitrogen and oxygen atoms in total. The molecule has 1 unspecified atom stereocenters. The van der Waals surface area contributed by atoms with Gasteiger partial charge in [-0.05, 0) is 42.1 Å². The molecule has 3 heteroatoms. The third kappa shape index (κ3) is 1.83. The molecule has 1 aliphatic heterocycles. The summed E-state index contributed by atoms with van der Waals surface area (Å²) < 4.78 is 12.3. The number of fused-ring (bicyclic) bond motifs is 3. The first-order valence-electron chi connectivity index (χ1n) is 8.03. The van der Waals surface area contributed by atoms with E-state index in [9.17, 15) is 5.11 Å². The summed E-state index contributed by atoms with van der Waals surface area (Å²) in [6, 6.07) is 0. The molecule has 4 aliphatic rings. The van der Waals surface area contributed by atoms with E-state index in [0.717, 1.165) is 44.5 Å². The molecule has 1 saturated heterocycles. The fraction of sp³-hybridized carbons (Fsp3) is 0.882. The van der Waals surface area contributed by atoms with E-state index in [2.05, 4.69) is 20.4 Å². The summed E-state index contributed by atoms with van der Waals surface area (Å²) in [5, 5.41) is 10.2. The lowest BCUT2D eigenvalue weighted by molar-refractivity contribution is -0.298. The van der Waals surface area contributed by atoms with Crippen molar-refractivity contribution >= 4 is 0 Å². The minimum absolute atomic E-state index is 0.142. The largest absolute Gasteiger partial charge is 0.388 e. The highest BCUT2D eigenvalue weighted by atomic mass is 16.7. The molecule has 1 N–H and O–H groups in total. The second-order valence-electron chi connectivity index (χ2n) is 8.36. The first kappa shape index (κ1) is 13.3. The van der Waals surface area contributed by atoms with Gasteiger partial charge in [0.25, 0.3) is 0 Å². The maximum atomic E-state index is 10.2. The van der Waals surface area contributed by atoms with E-state index in [4.69, 9.17) is 9.47 Å². The molecule has 0 aromatic rings. The van der Waals surface area contributed by atoms with Gasteiger partial charge in [-0.2, -0.15) is 0 Å². The number of ether oxygens (including phenoxy) is 2. The maximum absolute atomic E-state index is 10.2. The predicted octanol–water partition coefficient (Wildman–Crippen LogP) is 2.74. The van der Waals surface area contributed by atoms with E-state index in [-0.39, 0.29) is 17.3 Å². The quantitative estimate of drug-likeness (QED) is 0.692. The lowest BCUT2D eigenvalue weighted by atomic mass is 9.88. The number of rotatable bonds is 0. The number of hydrogen-bond acceptors (Lipinski definition) is 3. The monoisotopic (exact) mass is 278 g/mol. The number of aliphatic hydroxyl groups excluding tert-OH is 1. The summed E-state index contributed by atoms with van der Waals surface area (Å²) in [5.74, 6) is 2.09. The van der Waals surface area contributed by atoms with Gasteiger partial charge in [-0.3, -0.25) is 0 Å². The summed E-state index contributed by atoms with van der Waals surface area (Å²) in [6.45, 7) is 10.0. The summed E-state index contributed by atoms with van der Waals surface area (Å²) in [6.07, 6.45) is 3.94. The lowest BCUT2D eigenvalue weighted by Crippen LogP contribution is -2.46. The highest BCUT2D eigenvalue weighted by Crippen LogP contribution is 2.61. The zero-order valence-electron chi connectivity index (χ0n) is 12.6. The smallest absolute Gasteiger partial charge is 0.168 e. The molecule has 112 valence electrons. The Kier molecular flexibility index (Phi) is 2.72. The van der Waals surface area contributed by atoms with Crippen molar-refractivity contribution in [3.8, 4) is 0 Å². The van der Waals surface area contributed by atoms with Gasteiger partial charge in [0.05, 0.1) is 19.3 Å². The SMILES string of the molecule is C=C1C[C@H]2[C@@H]3CC4(C[C@@H]3C[C@@H]2C1O)OCC(C)(C)CO4. The van der Waals surface area contributed by atoms with Crippen LogP contribution in [0.2, 0.25) is 0 Å². The lowest BCUT2D eigenvalue weighted by Gasteiger charge is -2.42. The van der Waals surface area contributed by atoms with Crippen LogP contribution in [0.4, 0.5) is 0 Å². The van der Waals surface area contributed by atoms with Crippen LogP contribution in [0.25, 0.3) is 0 Å². The van der Waals surface area contributed by atoms with E-state index in [1.165, 1.54) is 0 Å². The second-order valence-corrected chi connectivity index (χ2v) is 8.36. The summed E-state index contributed by atoms with van der Waals surface area (Å²) >= 11 is 0. The van der Waals surface area contributed by atoms with Crippen molar-refractivity contribution in [2.45, 2.75) is 51.4 Å². The standard InChI is InChI=1S/C17H26O3/c1-10-4-12-13(15(10)18)5-11-6-17(7-14(11)12)19-8-16(2,3)9-20-17/h11-15,18H,1,4-9H2,2-3H3/t11-,12+,13-,14+,15?/m0/s1. The van der Waals surface area contributed by atoms with Crippen molar-refractivity contribution in [3.63, 3.8) is 0 Å². The summed E-state index contributed by atoms with van der Waals surface area (Å²) in [5.41, 5.74) is 1.19. The van der Waals surface area contributed by atoms with Gasteiger partial charge in [0.15, 0.2) is 5.79 Å². The Morgan fingerprint density at radius 2 is 1.80 bits per heavy atom. The molecule has 0 aromatic carbocycles. The summed E-state index contributed by atoms with van der Waals surface area (Å²) in [7, 11) is 0. The third-order valence-corrected chi connectivity index (χ3v) is 6.17. The fourth-order valence-electron chi connectivity index (χ4n) is 5.13. The van der Waals surface area contributed by atoms with Crippen LogP contribution in [0, 0.1) is 29.1 Å². The Bertz CT molecular complexity index is 432. The van der Waals surface area contributed by atoms with E-state index in [1.54, 1.807) is 0 Å². The Morgan fingerprint density at radius 3 is 2.50 bits per heavy atom. The van der Waals surface area contributed by atoms with Gasteiger partial charge < -0.3 is 14.6 Å². The number of aliphatic hydroxyl groups is 1. The van der Waals surface area contributed by atoms with Crippen molar-refractivity contribution in [1.29, 1.82) is 0 Å². The molecule has 1 heterocycles. The van der Waals surface area contributed by atoms with Gasteiger partial charge in [0, 0.05) is 18.3 Å². The highest BCUT2D eigenvalue weighted by Gasteiger charge is 2.59. The van der Waals surface area contributed by atoms with Crippen LogP contribution in [0.3, 0.4) is 0 Å². The van der Waals surface area contributed by atoms with Crippen LogP contribution in [0.15, 0.2) is 12.2 Å². The molecule has 20 heavy (non-hydrogen) atoms. The first-order chi connectivity index (χ1) is 9.39. The molecular weight excluding hydrogens is 252 g/mol. The zero-order valence-corrected chi connectivity index (χ0v) is 12.6. The molecule has 4 fully saturated rings. The predicted molar refractivity (Wildman–Crippen MR) is 76.0 cm³/mol. The summed E-state index contributed by atoms with van der Waals surface area (Å²) in [4.78, 5) is 0. The van der Waals surface area contributed by atoms with E-state index in [1.807, 2.05) is 0 Å². The Hall–Kier alpha value is -0.380. The van der Waals surface area contributed by atoms with Gasteiger partial charge in [-0.1, -0.05) is 20.4 Å². The Balaban J connectivity index is 1.49. The van der Waals surface area contributed by atoms with Crippen molar-refractivity contribution in [2.75, 3.05) is 13.2 Å². The van der Waals surface area contributed by atoms with Crippen LogP contribution in [0.1, 0.15) is 39.5 Å². The van der Waals surface area contributed by atoms with Crippen molar-refractivity contribution in [2.24, 2.45) is 29.1 Å². The van der Waals surface area contributed by atoms with Crippen molar-refractivity contribution in [1.82, 2.24) is 0 Å². The maximum Gasteiger partial charge on any atom is 0.168 e. The van der Waals surface area contributed by atoms with Crippen LogP contribution < -0.4 is 0 Å². The van der Waals surface area contributed by atoms with Gasteiger partial charge >= 0.3 is 0 Å². The van der Waals surface area contributed by atoms with Gasteiger partial charge in [-0.25, -0.2) is 0 Å². The molecule has 5 atom stereocenters. The van der Waals surface area contributed by atoms with Crippen LogP contribution >= 0.6 is 0 Å². The molecule has 1 spiro atoms. The normalized spacial score (nSPS) is 48.5.